The largest absolute Gasteiger partial charge is 0.434 e. The summed E-state index contributed by atoms with van der Waals surface area (Å²) in [6, 6.07) is 11.0. The van der Waals surface area contributed by atoms with Crippen LogP contribution >= 0.6 is 0 Å². The Hall–Kier alpha value is -1.83. The van der Waals surface area contributed by atoms with Gasteiger partial charge in [-0.2, -0.15) is 0 Å². The lowest BCUT2D eigenvalue weighted by atomic mass is 9.53. The third kappa shape index (κ3) is 4.91. The van der Waals surface area contributed by atoms with E-state index < -0.39 is 5.41 Å². The van der Waals surface area contributed by atoms with E-state index in [0.717, 1.165) is 6.42 Å². The second-order valence-electron chi connectivity index (χ2n) is 9.16. The molecule has 0 aromatic heterocycles. The van der Waals surface area contributed by atoms with E-state index in [1.807, 2.05) is 26.8 Å². The van der Waals surface area contributed by atoms with E-state index in [1.165, 1.54) is 37.7 Å². The van der Waals surface area contributed by atoms with Crippen LogP contribution in [0.4, 0.5) is 0 Å². The summed E-state index contributed by atoms with van der Waals surface area (Å²) in [5.41, 5.74) is 1.06. The first-order valence-corrected chi connectivity index (χ1v) is 10.3. The van der Waals surface area contributed by atoms with Gasteiger partial charge in [0.15, 0.2) is 0 Å². The van der Waals surface area contributed by atoms with Crippen molar-refractivity contribution in [3.63, 3.8) is 0 Å². The molecule has 0 saturated heterocycles. The van der Waals surface area contributed by atoms with Gasteiger partial charge in [-0.15, -0.1) is 0 Å². The molecule has 2 rings (SSSR count). The fourth-order valence-corrected chi connectivity index (χ4v) is 4.47. The second-order valence-corrected chi connectivity index (χ2v) is 9.16. The predicted molar refractivity (Wildman–Crippen MR) is 113 cm³/mol. The van der Waals surface area contributed by atoms with E-state index >= 15 is 0 Å². The van der Waals surface area contributed by atoms with Crippen LogP contribution in [0.15, 0.2) is 54.8 Å². The molecule has 0 N–H and O–H groups in total. The van der Waals surface area contributed by atoms with Crippen LogP contribution in [0.1, 0.15) is 78.7 Å². The molecule has 1 fully saturated rings. The molecule has 0 spiro atoms. The molecule has 1 aromatic rings. The molecule has 1 unspecified atom stereocenters. The minimum absolute atomic E-state index is 0.0197. The van der Waals surface area contributed by atoms with Gasteiger partial charge in [-0.25, -0.2) is 0 Å². The van der Waals surface area contributed by atoms with Gasteiger partial charge < -0.3 is 4.74 Å². The Kier molecular flexibility index (Phi) is 7.08. The Labute approximate surface area is 165 Å². The SMILES string of the molecule is C/C=C\C(C)(C/C=C/OC(=O)C(C)(C)C)C1(c2ccccc2)CCCCC1. The summed E-state index contributed by atoms with van der Waals surface area (Å²) in [4.78, 5) is 12.0. The summed E-state index contributed by atoms with van der Waals surface area (Å²) in [7, 11) is 0. The van der Waals surface area contributed by atoms with Gasteiger partial charge in [-0.05, 0) is 64.0 Å². The second kappa shape index (κ2) is 8.91. The van der Waals surface area contributed by atoms with Gasteiger partial charge >= 0.3 is 5.97 Å². The van der Waals surface area contributed by atoms with Gasteiger partial charge in [-0.1, -0.05) is 68.7 Å². The summed E-state index contributed by atoms with van der Waals surface area (Å²) in [6.07, 6.45) is 15.3. The molecule has 0 aliphatic heterocycles. The number of benzene rings is 1. The van der Waals surface area contributed by atoms with Crippen LogP contribution in [0.25, 0.3) is 0 Å². The van der Waals surface area contributed by atoms with Crippen molar-refractivity contribution in [2.45, 2.75) is 78.6 Å². The van der Waals surface area contributed by atoms with Crippen molar-refractivity contribution in [2.24, 2.45) is 10.8 Å². The number of hydrogen-bond donors (Lipinski definition) is 0. The molecule has 0 radical (unpaired) electrons. The lowest BCUT2D eigenvalue weighted by Crippen LogP contribution is -2.44. The lowest BCUT2D eigenvalue weighted by Gasteiger charge is -2.50. The highest BCUT2D eigenvalue weighted by Gasteiger charge is 2.47. The van der Waals surface area contributed by atoms with Gasteiger partial charge in [0.05, 0.1) is 11.7 Å². The molecular weight excluding hydrogens is 332 g/mol. The van der Waals surface area contributed by atoms with Crippen molar-refractivity contribution < 1.29 is 9.53 Å². The fraction of sp³-hybridized carbons (Fsp3) is 0.560. The quantitative estimate of drug-likeness (QED) is 0.308. The summed E-state index contributed by atoms with van der Waals surface area (Å²) >= 11 is 0. The van der Waals surface area contributed by atoms with E-state index in [1.54, 1.807) is 6.26 Å². The monoisotopic (exact) mass is 368 g/mol. The molecule has 1 aliphatic rings. The number of allylic oxidation sites excluding steroid dienone is 3. The Morgan fingerprint density at radius 3 is 2.26 bits per heavy atom. The van der Waals surface area contributed by atoms with Gasteiger partial charge in [-0.3, -0.25) is 4.79 Å². The highest BCUT2D eigenvalue weighted by molar-refractivity contribution is 5.75. The van der Waals surface area contributed by atoms with Gasteiger partial charge in [0.1, 0.15) is 0 Å². The van der Waals surface area contributed by atoms with Crippen molar-refractivity contribution >= 4 is 5.97 Å². The maximum Gasteiger partial charge on any atom is 0.316 e. The smallest absolute Gasteiger partial charge is 0.316 e. The molecule has 0 bridgehead atoms. The topological polar surface area (TPSA) is 26.3 Å². The van der Waals surface area contributed by atoms with Crippen LogP contribution in [0.3, 0.4) is 0 Å². The first kappa shape index (κ1) is 21.5. The summed E-state index contributed by atoms with van der Waals surface area (Å²) in [6.45, 7) is 10.1. The highest BCUT2D eigenvalue weighted by Crippen LogP contribution is 2.54. The lowest BCUT2D eigenvalue weighted by molar-refractivity contribution is -0.146. The van der Waals surface area contributed by atoms with Crippen molar-refractivity contribution in [1.29, 1.82) is 0 Å². The molecule has 148 valence electrons. The number of esters is 1. The van der Waals surface area contributed by atoms with E-state index in [4.69, 9.17) is 4.74 Å². The highest BCUT2D eigenvalue weighted by atomic mass is 16.5. The predicted octanol–water partition coefficient (Wildman–Crippen LogP) is 6.96. The van der Waals surface area contributed by atoms with Gasteiger partial charge in [0.2, 0.25) is 0 Å². The number of carbonyl (C=O) groups excluding carboxylic acids is 1. The van der Waals surface area contributed by atoms with E-state index in [2.05, 4.69) is 56.3 Å². The van der Waals surface area contributed by atoms with E-state index in [9.17, 15) is 4.79 Å². The van der Waals surface area contributed by atoms with Crippen LogP contribution in [0, 0.1) is 10.8 Å². The maximum absolute atomic E-state index is 12.0. The van der Waals surface area contributed by atoms with Gasteiger partial charge in [0, 0.05) is 5.41 Å². The van der Waals surface area contributed by atoms with Crippen molar-refractivity contribution in [3.8, 4) is 0 Å². The van der Waals surface area contributed by atoms with E-state index in [-0.39, 0.29) is 16.8 Å². The number of carbonyl (C=O) groups is 1. The first-order valence-electron chi connectivity index (χ1n) is 10.3. The molecule has 1 atom stereocenters. The molecule has 0 amide bonds. The summed E-state index contributed by atoms with van der Waals surface area (Å²) < 4.78 is 5.36. The Morgan fingerprint density at radius 1 is 1.07 bits per heavy atom. The van der Waals surface area contributed by atoms with Crippen molar-refractivity contribution in [2.75, 3.05) is 0 Å². The average Bonchev–Trinajstić information content (AvgIpc) is 2.65. The molecule has 1 aliphatic carbocycles. The summed E-state index contributed by atoms with van der Waals surface area (Å²) in [5.74, 6) is -0.193. The van der Waals surface area contributed by atoms with Crippen LogP contribution in [-0.2, 0) is 14.9 Å². The zero-order valence-corrected chi connectivity index (χ0v) is 17.8. The molecule has 2 nitrogen and oxygen atoms in total. The zero-order chi connectivity index (χ0) is 20.0. The van der Waals surface area contributed by atoms with Gasteiger partial charge in [0.25, 0.3) is 0 Å². The van der Waals surface area contributed by atoms with Crippen molar-refractivity contribution in [3.05, 3.63) is 60.4 Å². The molecule has 1 aromatic carbocycles. The first-order chi connectivity index (χ1) is 12.8. The van der Waals surface area contributed by atoms with Crippen molar-refractivity contribution in [1.82, 2.24) is 0 Å². The summed E-state index contributed by atoms with van der Waals surface area (Å²) in [5, 5.41) is 0. The number of rotatable bonds is 6. The van der Waals surface area contributed by atoms with Crippen LogP contribution in [-0.4, -0.2) is 5.97 Å². The number of ether oxygens (including phenoxy) is 1. The molecule has 1 saturated carbocycles. The fourth-order valence-electron chi connectivity index (χ4n) is 4.47. The average molecular weight is 369 g/mol. The number of hydrogen-bond acceptors (Lipinski definition) is 2. The standard InChI is InChI=1S/C25H36O2/c1-6-16-24(5,17-13-20-27-22(26)23(2,3)4)25(18-11-8-12-19-25)21-14-9-7-10-15-21/h6-7,9-10,13-16,20H,8,11-12,17-19H2,1-5H3/b16-6-,20-13+. The van der Waals surface area contributed by atoms with Crippen LogP contribution in [0.2, 0.25) is 0 Å². The third-order valence-corrected chi connectivity index (χ3v) is 6.09. The molecule has 2 heteroatoms. The minimum Gasteiger partial charge on any atom is -0.434 e. The molecule has 0 heterocycles. The normalized spacial score (nSPS) is 19.9. The van der Waals surface area contributed by atoms with E-state index in [0.29, 0.717) is 0 Å². The Bertz CT molecular complexity index is 657. The Balaban J connectivity index is 2.29. The van der Waals surface area contributed by atoms with Crippen LogP contribution in [0.5, 0.6) is 0 Å². The third-order valence-electron chi connectivity index (χ3n) is 6.09. The molecular formula is C25H36O2. The maximum atomic E-state index is 12.0. The molecule has 27 heavy (non-hydrogen) atoms. The van der Waals surface area contributed by atoms with Crippen LogP contribution < -0.4 is 0 Å². The zero-order valence-electron chi connectivity index (χ0n) is 17.8. The minimum atomic E-state index is -0.481. The Morgan fingerprint density at radius 2 is 1.70 bits per heavy atom.